The smallest absolute Gasteiger partial charge is 0.219 e. The van der Waals surface area contributed by atoms with Gasteiger partial charge in [0.05, 0.1) is 6.61 Å². The molecule has 31 heavy (non-hydrogen) atoms. The van der Waals surface area contributed by atoms with Gasteiger partial charge >= 0.3 is 0 Å². The highest BCUT2D eigenvalue weighted by atomic mass is 16.4. The Labute approximate surface area is 188 Å². The topological polar surface area (TPSA) is 112 Å². The first-order valence-corrected chi connectivity index (χ1v) is 11.9. The number of aliphatic hydroxyl groups excluding tert-OH is 1. The molecule has 6 heteroatoms. The third-order valence-corrected chi connectivity index (χ3v) is 5.97. The fraction of sp³-hybridized carbons (Fsp3) is 0.800. The lowest BCUT2D eigenvalue weighted by atomic mass is 9.74. The van der Waals surface area contributed by atoms with Gasteiger partial charge in [0.1, 0.15) is 0 Å². The fourth-order valence-corrected chi connectivity index (χ4v) is 3.80. The molecule has 0 bridgehead atoms. The molecule has 6 nitrogen and oxygen atoms in total. The largest absolute Gasteiger partial charge is 0.393 e. The summed E-state index contributed by atoms with van der Waals surface area (Å²) in [5, 5.41) is 30.3. The summed E-state index contributed by atoms with van der Waals surface area (Å²) >= 11 is 0. The molecule has 1 unspecified atom stereocenters. The zero-order valence-electron chi connectivity index (χ0n) is 19.8. The zero-order valence-corrected chi connectivity index (χ0v) is 19.8. The molecule has 0 heterocycles. The second kappa shape index (κ2) is 16.3. The van der Waals surface area contributed by atoms with Crippen molar-refractivity contribution in [1.82, 2.24) is 0 Å². The zero-order chi connectivity index (χ0) is 23.8. The van der Waals surface area contributed by atoms with Crippen LogP contribution in [-0.2, 0) is 14.4 Å². The monoisotopic (exact) mass is 440 g/mol. The van der Waals surface area contributed by atoms with Gasteiger partial charge in [-0.25, -0.2) is 0 Å². The van der Waals surface area contributed by atoms with E-state index < -0.39 is 35.2 Å². The van der Waals surface area contributed by atoms with Crippen LogP contribution in [-0.4, -0.2) is 50.5 Å². The number of unbranched alkanes of at least 4 members (excludes halogenated alkanes) is 11. The molecule has 0 aromatic rings. The quantitative estimate of drug-likeness (QED) is 0.148. The van der Waals surface area contributed by atoms with Crippen LogP contribution in [0.2, 0.25) is 0 Å². The normalized spacial score (nSPS) is 14.0. The van der Waals surface area contributed by atoms with E-state index in [4.69, 9.17) is 0 Å². The Bertz CT molecular complexity index is 554. The Kier molecular flexibility index (Phi) is 15.6. The van der Waals surface area contributed by atoms with Crippen LogP contribution in [0, 0.1) is 0 Å². The van der Waals surface area contributed by atoms with Gasteiger partial charge in [-0.15, -0.1) is 0 Å². The maximum atomic E-state index is 12.4. The van der Waals surface area contributed by atoms with Gasteiger partial charge in [0.2, 0.25) is 5.60 Å². The van der Waals surface area contributed by atoms with Crippen LogP contribution in [0.1, 0.15) is 111 Å². The second-order valence-corrected chi connectivity index (χ2v) is 8.60. The number of ketones is 3. The van der Waals surface area contributed by atoms with E-state index >= 15 is 0 Å². The van der Waals surface area contributed by atoms with Crippen LogP contribution in [0.3, 0.4) is 0 Å². The first kappa shape index (κ1) is 29.6. The molecule has 180 valence electrons. The summed E-state index contributed by atoms with van der Waals surface area (Å²) in [6.07, 6.45) is 18.7. The number of allylic oxidation sites excluding steroid dienone is 2. The van der Waals surface area contributed by atoms with E-state index in [2.05, 4.69) is 19.1 Å². The van der Waals surface area contributed by atoms with Crippen molar-refractivity contribution in [3.05, 3.63) is 12.2 Å². The lowest BCUT2D eigenvalue weighted by Gasteiger charge is -2.37. The van der Waals surface area contributed by atoms with E-state index in [0.29, 0.717) is 6.42 Å². The third kappa shape index (κ3) is 9.75. The summed E-state index contributed by atoms with van der Waals surface area (Å²) in [5.74, 6) is -3.01. The number of rotatable bonds is 20. The van der Waals surface area contributed by atoms with E-state index in [1.165, 1.54) is 38.5 Å². The Morgan fingerprint density at radius 3 is 1.55 bits per heavy atom. The molecule has 0 radical (unpaired) electrons. The number of hydrogen-bond acceptors (Lipinski definition) is 6. The Morgan fingerprint density at radius 2 is 1.13 bits per heavy atom. The number of hydrogen-bond donors (Lipinski definition) is 3. The summed E-state index contributed by atoms with van der Waals surface area (Å²) in [5.41, 5.74) is -5.72. The lowest BCUT2D eigenvalue weighted by Crippen LogP contribution is -2.68. The van der Waals surface area contributed by atoms with E-state index in [1.54, 1.807) is 0 Å². The molecule has 0 aliphatic heterocycles. The maximum Gasteiger partial charge on any atom is 0.219 e. The van der Waals surface area contributed by atoms with E-state index in [1.807, 2.05) is 0 Å². The second-order valence-electron chi connectivity index (χ2n) is 8.60. The van der Waals surface area contributed by atoms with Gasteiger partial charge in [-0.05, 0) is 46.0 Å². The summed E-state index contributed by atoms with van der Waals surface area (Å²) in [4.78, 5) is 35.9. The molecule has 0 saturated heterocycles. The van der Waals surface area contributed by atoms with Crippen LogP contribution in [0.4, 0.5) is 0 Å². The van der Waals surface area contributed by atoms with Crippen molar-refractivity contribution in [1.29, 1.82) is 0 Å². The molecular weight excluding hydrogens is 396 g/mol. The van der Waals surface area contributed by atoms with Gasteiger partial charge in [0.25, 0.3) is 0 Å². The van der Waals surface area contributed by atoms with E-state index in [0.717, 1.165) is 52.4 Å². The first-order valence-electron chi connectivity index (χ1n) is 11.9. The van der Waals surface area contributed by atoms with Gasteiger partial charge < -0.3 is 15.3 Å². The lowest BCUT2D eigenvalue weighted by molar-refractivity contribution is -0.192. The van der Waals surface area contributed by atoms with Crippen molar-refractivity contribution in [2.24, 2.45) is 0 Å². The summed E-state index contributed by atoms with van der Waals surface area (Å²) in [7, 11) is 0. The van der Waals surface area contributed by atoms with Gasteiger partial charge in [0.15, 0.2) is 23.0 Å². The predicted octanol–water partition coefficient (Wildman–Crippen LogP) is 4.23. The van der Waals surface area contributed by atoms with E-state index in [9.17, 15) is 29.7 Å². The van der Waals surface area contributed by atoms with Gasteiger partial charge in [-0.2, -0.15) is 0 Å². The van der Waals surface area contributed by atoms with Crippen LogP contribution in [0.15, 0.2) is 12.2 Å². The SMILES string of the molecule is CCCCCCCCC=CCCCCCCCC(=O)C(O)(CO)C(O)(C(C)=O)C(C)=O. The summed E-state index contributed by atoms with van der Waals surface area (Å²) in [6, 6.07) is 0. The predicted molar refractivity (Wildman–Crippen MR) is 123 cm³/mol. The highest BCUT2D eigenvalue weighted by molar-refractivity contribution is 6.14. The molecule has 1 atom stereocenters. The highest BCUT2D eigenvalue weighted by Crippen LogP contribution is 2.28. The number of carbonyl (C=O) groups is 3. The van der Waals surface area contributed by atoms with Crippen molar-refractivity contribution < 1.29 is 29.7 Å². The molecule has 0 aromatic carbocycles. The Hall–Kier alpha value is -1.37. The average Bonchev–Trinajstić information content (AvgIpc) is 2.74. The maximum absolute atomic E-state index is 12.4. The van der Waals surface area contributed by atoms with Crippen molar-refractivity contribution in [2.75, 3.05) is 6.61 Å². The van der Waals surface area contributed by atoms with Crippen LogP contribution in [0.5, 0.6) is 0 Å². The van der Waals surface area contributed by atoms with Crippen molar-refractivity contribution in [3.63, 3.8) is 0 Å². The molecule has 0 fully saturated rings. The third-order valence-electron chi connectivity index (χ3n) is 5.97. The van der Waals surface area contributed by atoms with Gasteiger partial charge in [-0.3, -0.25) is 14.4 Å². The molecule has 0 rings (SSSR count). The minimum atomic E-state index is -2.92. The molecule has 0 aliphatic carbocycles. The van der Waals surface area contributed by atoms with E-state index in [-0.39, 0.29) is 6.42 Å². The number of Topliss-reactive ketones (excluding diaryl/α,β-unsaturated/α-hetero) is 3. The van der Waals surface area contributed by atoms with Gasteiger partial charge in [-0.1, -0.05) is 70.4 Å². The molecule has 0 aliphatic rings. The Balaban J connectivity index is 4.05. The number of carbonyl (C=O) groups excluding carboxylic acids is 3. The molecule has 3 N–H and O–H groups in total. The first-order chi connectivity index (χ1) is 14.7. The Morgan fingerprint density at radius 1 is 0.710 bits per heavy atom. The molecule has 0 spiro atoms. The highest BCUT2D eigenvalue weighted by Gasteiger charge is 2.60. The molecule has 0 saturated carbocycles. The van der Waals surface area contributed by atoms with Crippen LogP contribution in [0.25, 0.3) is 0 Å². The van der Waals surface area contributed by atoms with Crippen molar-refractivity contribution in [3.8, 4) is 0 Å². The summed E-state index contributed by atoms with van der Waals surface area (Å²) < 4.78 is 0. The molecule has 0 aromatic heterocycles. The van der Waals surface area contributed by atoms with Crippen molar-refractivity contribution in [2.45, 2.75) is 122 Å². The fourth-order valence-electron chi connectivity index (χ4n) is 3.80. The van der Waals surface area contributed by atoms with Crippen molar-refractivity contribution >= 4 is 17.3 Å². The number of aliphatic hydroxyl groups is 3. The minimum absolute atomic E-state index is 0.113. The molecular formula is C25H44O6. The van der Waals surface area contributed by atoms with Crippen LogP contribution < -0.4 is 0 Å². The minimum Gasteiger partial charge on any atom is -0.393 e. The standard InChI is InChI=1S/C25H44O6/c1-4-5-6-7-8-9-10-11-12-13-14-15-16-17-18-19-23(29)24(30,20-26)25(31,21(2)27)22(3)28/h11-12,26,30-31H,4-10,13-20H2,1-3H3. The van der Waals surface area contributed by atoms with Gasteiger partial charge in [0, 0.05) is 6.42 Å². The van der Waals surface area contributed by atoms with Crippen LogP contribution >= 0.6 is 0 Å². The molecule has 0 amide bonds. The average molecular weight is 441 g/mol. The summed E-state index contributed by atoms with van der Waals surface area (Å²) in [6.45, 7) is 2.87.